The van der Waals surface area contributed by atoms with Crippen molar-refractivity contribution in [1.29, 1.82) is 0 Å². The summed E-state index contributed by atoms with van der Waals surface area (Å²) in [4.78, 5) is 13.0. The molecule has 138 valence electrons. The highest BCUT2D eigenvalue weighted by Gasteiger charge is 2.51. The summed E-state index contributed by atoms with van der Waals surface area (Å²) in [6.07, 6.45) is 12.7. The van der Waals surface area contributed by atoms with Crippen LogP contribution < -0.4 is 5.32 Å². The summed E-state index contributed by atoms with van der Waals surface area (Å²) in [7, 11) is 0. The molecule has 4 fully saturated rings. The van der Waals surface area contributed by atoms with Crippen LogP contribution in [-0.2, 0) is 11.3 Å². The molecule has 5 rings (SSSR count). The molecular weight excluding hydrogens is 310 g/mol. The lowest BCUT2D eigenvalue weighted by Crippen LogP contribution is -2.51. The van der Waals surface area contributed by atoms with Crippen LogP contribution in [0.25, 0.3) is 0 Å². The van der Waals surface area contributed by atoms with Crippen LogP contribution in [0.3, 0.4) is 0 Å². The van der Waals surface area contributed by atoms with E-state index in [4.69, 9.17) is 0 Å². The number of carbonyl (C=O) groups excluding carboxylic acids is 1. The molecule has 25 heavy (non-hydrogen) atoms. The van der Waals surface area contributed by atoms with Crippen LogP contribution in [0.4, 0.5) is 0 Å². The summed E-state index contributed by atoms with van der Waals surface area (Å²) in [6, 6.07) is 2.05. The Morgan fingerprint density at radius 3 is 2.28 bits per heavy atom. The van der Waals surface area contributed by atoms with Crippen molar-refractivity contribution in [3.63, 3.8) is 0 Å². The molecule has 4 aliphatic rings. The molecular formula is C21H33N3O. The van der Waals surface area contributed by atoms with Crippen LogP contribution in [0, 0.1) is 28.6 Å². The molecule has 1 amide bonds. The van der Waals surface area contributed by atoms with E-state index in [2.05, 4.69) is 31.2 Å². The maximum atomic E-state index is 13.0. The molecule has 4 saturated carbocycles. The summed E-state index contributed by atoms with van der Waals surface area (Å²) in [6.45, 7) is 7.34. The lowest BCUT2D eigenvalue weighted by Gasteiger charge is -2.56. The second kappa shape index (κ2) is 6.14. The molecule has 4 bridgehead atoms. The zero-order chi connectivity index (χ0) is 17.7. The monoisotopic (exact) mass is 343 g/mol. The third-order valence-electron chi connectivity index (χ3n) is 7.01. The zero-order valence-corrected chi connectivity index (χ0v) is 16.0. The van der Waals surface area contributed by atoms with E-state index in [-0.39, 0.29) is 17.4 Å². The van der Waals surface area contributed by atoms with E-state index in [1.54, 1.807) is 6.20 Å². The maximum Gasteiger partial charge on any atom is 0.220 e. The predicted molar refractivity (Wildman–Crippen MR) is 98.8 cm³/mol. The normalized spacial score (nSPS) is 34.9. The van der Waals surface area contributed by atoms with Gasteiger partial charge in [-0.05, 0) is 73.2 Å². The minimum Gasteiger partial charge on any atom is -0.351 e. The molecule has 4 heteroatoms. The summed E-state index contributed by atoms with van der Waals surface area (Å²) in [5, 5.41) is 7.69. The number of hydrogen-bond donors (Lipinski definition) is 1. The van der Waals surface area contributed by atoms with Crippen LogP contribution in [0.15, 0.2) is 18.5 Å². The van der Waals surface area contributed by atoms with E-state index in [0.717, 1.165) is 30.7 Å². The number of hydrogen-bond acceptors (Lipinski definition) is 2. The third-order valence-corrected chi connectivity index (χ3v) is 7.01. The molecule has 4 nitrogen and oxygen atoms in total. The first kappa shape index (κ1) is 17.1. The van der Waals surface area contributed by atoms with E-state index >= 15 is 0 Å². The number of amides is 1. The first-order chi connectivity index (χ1) is 11.8. The molecule has 0 aromatic carbocycles. The van der Waals surface area contributed by atoms with Crippen LogP contribution in [-0.4, -0.2) is 21.7 Å². The van der Waals surface area contributed by atoms with Gasteiger partial charge in [0.15, 0.2) is 0 Å². The van der Waals surface area contributed by atoms with Gasteiger partial charge >= 0.3 is 0 Å². The van der Waals surface area contributed by atoms with Crippen molar-refractivity contribution in [3.05, 3.63) is 18.5 Å². The Morgan fingerprint density at radius 2 is 1.80 bits per heavy atom. The average molecular weight is 344 g/mol. The Kier molecular flexibility index (Phi) is 4.20. The number of nitrogens with zero attached hydrogens (tertiary/aromatic N) is 2. The number of aromatic nitrogens is 2. The molecule has 0 radical (unpaired) electrons. The largest absolute Gasteiger partial charge is 0.351 e. The zero-order valence-electron chi connectivity index (χ0n) is 16.0. The minimum absolute atomic E-state index is 0.0169. The van der Waals surface area contributed by atoms with Crippen molar-refractivity contribution in [1.82, 2.24) is 15.1 Å². The SMILES string of the molecule is CC(C)(C)C(Cn1cccn1)NC(=O)CC12CC3CC(CC(C3)C1)C2. The molecule has 1 aromatic heterocycles. The van der Waals surface area contributed by atoms with Gasteiger partial charge in [0, 0.05) is 18.8 Å². The van der Waals surface area contributed by atoms with Crippen LogP contribution >= 0.6 is 0 Å². The first-order valence-electron chi connectivity index (χ1n) is 10.1. The second-order valence-corrected chi connectivity index (χ2v) is 10.3. The van der Waals surface area contributed by atoms with Crippen molar-refractivity contribution >= 4 is 5.91 Å². The Balaban J connectivity index is 1.41. The third kappa shape index (κ3) is 3.63. The van der Waals surface area contributed by atoms with Gasteiger partial charge in [0.1, 0.15) is 0 Å². The fourth-order valence-electron chi connectivity index (χ4n) is 6.22. The van der Waals surface area contributed by atoms with Crippen LogP contribution in [0.2, 0.25) is 0 Å². The molecule has 4 aliphatic carbocycles. The summed E-state index contributed by atoms with van der Waals surface area (Å²) >= 11 is 0. The standard InChI is InChI=1S/C21H33N3O/c1-20(2,3)18(14-24-6-4-5-22-24)23-19(25)13-21-10-15-7-16(11-21)9-17(8-15)12-21/h4-6,15-18H,7-14H2,1-3H3,(H,23,25). The summed E-state index contributed by atoms with van der Waals surface area (Å²) in [5.41, 5.74) is 0.329. The fraction of sp³-hybridized carbons (Fsp3) is 0.810. The molecule has 1 aromatic rings. The predicted octanol–water partition coefficient (Wildman–Crippen LogP) is 4.02. The van der Waals surface area contributed by atoms with Gasteiger partial charge in [0.05, 0.1) is 12.6 Å². The van der Waals surface area contributed by atoms with Gasteiger partial charge in [-0.2, -0.15) is 5.10 Å². The maximum absolute atomic E-state index is 13.0. The van der Waals surface area contributed by atoms with Gasteiger partial charge in [-0.1, -0.05) is 20.8 Å². The highest BCUT2D eigenvalue weighted by Crippen LogP contribution is 2.61. The van der Waals surface area contributed by atoms with E-state index < -0.39 is 0 Å². The van der Waals surface area contributed by atoms with Gasteiger partial charge in [0.2, 0.25) is 5.91 Å². The highest BCUT2D eigenvalue weighted by atomic mass is 16.1. The van der Waals surface area contributed by atoms with E-state index in [1.807, 2.05) is 16.9 Å². The number of nitrogens with one attached hydrogen (secondary N) is 1. The molecule has 1 N–H and O–H groups in total. The van der Waals surface area contributed by atoms with Crippen molar-refractivity contribution < 1.29 is 4.79 Å². The molecule has 1 unspecified atom stereocenters. The Morgan fingerprint density at radius 1 is 1.20 bits per heavy atom. The van der Waals surface area contributed by atoms with Crippen molar-refractivity contribution in [2.45, 2.75) is 78.3 Å². The van der Waals surface area contributed by atoms with Gasteiger partial charge in [-0.25, -0.2) is 0 Å². The van der Waals surface area contributed by atoms with Gasteiger partial charge in [0.25, 0.3) is 0 Å². The Hall–Kier alpha value is -1.32. The van der Waals surface area contributed by atoms with Gasteiger partial charge in [-0.15, -0.1) is 0 Å². The van der Waals surface area contributed by atoms with E-state index in [9.17, 15) is 4.79 Å². The number of carbonyl (C=O) groups is 1. The molecule has 1 heterocycles. The fourth-order valence-corrected chi connectivity index (χ4v) is 6.22. The second-order valence-electron chi connectivity index (χ2n) is 10.3. The van der Waals surface area contributed by atoms with E-state index in [1.165, 1.54) is 38.5 Å². The lowest BCUT2D eigenvalue weighted by atomic mass is 9.49. The van der Waals surface area contributed by atoms with Gasteiger partial charge < -0.3 is 5.32 Å². The highest BCUT2D eigenvalue weighted by molar-refractivity contribution is 5.77. The molecule has 0 aliphatic heterocycles. The quantitative estimate of drug-likeness (QED) is 0.878. The molecule has 1 atom stereocenters. The summed E-state index contributed by atoms with van der Waals surface area (Å²) < 4.78 is 1.93. The average Bonchev–Trinajstić information content (AvgIpc) is 2.96. The van der Waals surface area contributed by atoms with Crippen LogP contribution in [0.1, 0.15) is 65.7 Å². The lowest BCUT2D eigenvalue weighted by molar-refractivity contribution is -0.131. The topological polar surface area (TPSA) is 46.9 Å². The minimum atomic E-state index is 0.0169. The Bertz CT molecular complexity index is 578. The first-order valence-corrected chi connectivity index (χ1v) is 10.1. The van der Waals surface area contributed by atoms with Gasteiger partial charge in [-0.3, -0.25) is 9.48 Å². The van der Waals surface area contributed by atoms with Crippen molar-refractivity contribution in [2.24, 2.45) is 28.6 Å². The van der Waals surface area contributed by atoms with E-state index in [0.29, 0.717) is 5.41 Å². The van der Waals surface area contributed by atoms with Crippen molar-refractivity contribution in [3.8, 4) is 0 Å². The van der Waals surface area contributed by atoms with Crippen LogP contribution in [0.5, 0.6) is 0 Å². The Labute approximate surface area is 151 Å². The molecule has 0 spiro atoms. The smallest absolute Gasteiger partial charge is 0.220 e. The number of rotatable bonds is 5. The summed E-state index contributed by atoms with van der Waals surface area (Å²) in [5.74, 6) is 2.97. The molecule has 0 saturated heterocycles. The van der Waals surface area contributed by atoms with Crippen molar-refractivity contribution in [2.75, 3.05) is 0 Å².